The van der Waals surface area contributed by atoms with Gasteiger partial charge in [0.25, 0.3) is 0 Å². The molecule has 4 heterocycles. The van der Waals surface area contributed by atoms with Crippen molar-refractivity contribution in [1.29, 1.82) is 0 Å². The Kier molecular flexibility index (Phi) is 31.6. The van der Waals surface area contributed by atoms with Crippen molar-refractivity contribution in [3.05, 3.63) is 24.3 Å². The highest BCUT2D eigenvalue weighted by Gasteiger charge is 1.97. The van der Waals surface area contributed by atoms with E-state index in [9.17, 15) is 39.6 Å². The number of nitrogens with one attached hydrogen (secondary N) is 4. The highest BCUT2D eigenvalue weighted by molar-refractivity contribution is 5.88. The van der Waals surface area contributed by atoms with Gasteiger partial charge in [-0.2, -0.15) is 0 Å². The highest BCUT2D eigenvalue weighted by atomic mass is 16.4. The Bertz CT molecular complexity index is 534. The summed E-state index contributed by atoms with van der Waals surface area (Å²) >= 11 is 0. The van der Waals surface area contributed by atoms with Crippen LogP contribution < -0.4 is 63.0 Å². The summed E-state index contributed by atoms with van der Waals surface area (Å²) in [6, 6.07) is 0. The molecule has 4 saturated heterocycles. The van der Waals surface area contributed by atoms with Crippen molar-refractivity contribution in [3.8, 4) is 0 Å². The summed E-state index contributed by atoms with van der Waals surface area (Å²) < 4.78 is 0. The second-order valence-electron chi connectivity index (χ2n) is 8.41. The van der Waals surface area contributed by atoms with Crippen LogP contribution in [0, 0.1) is 0 Å². The number of rotatable bonds is 4. The van der Waals surface area contributed by atoms with Gasteiger partial charge in [-0.05, 0) is 24.3 Å². The van der Waals surface area contributed by atoms with E-state index in [1.807, 2.05) is 0 Å². The summed E-state index contributed by atoms with van der Waals surface area (Å²) in [4.78, 5) is 37.7. The molecule has 12 N–H and O–H groups in total. The van der Waals surface area contributed by atoms with Gasteiger partial charge in [0.1, 0.15) is 0 Å². The van der Waals surface area contributed by atoms with Gasteiger partial charge in [-0.3, -0.25) is 0 Å². The van der Waals surface area contributed by atoms with E-state index in [1.165, 1.54) is 105 Å². The summed E-state index contributed by atoms with van der Waals surface area (Å²) in [5, 5.41) is 60.0. The lowest BCUT2D eigenvalue weighted by Gasteiger charge is -2.07. The maximum Gasteiger partial charge on any atom is 0.0882 e. The summed E-state index contributed by atoms with van der Waals surface area (Å²) in [7, 11) is 0. The molecule has 0 radical (unpaired) electrons. The van der Waals surface area contributed by atoms with E-state index in [-0.39, 0.29) is 0 Å². The molecule has 0 aromatic carbocycles. The van der Waals surface area contributed by atoms with Gasteiger partial charge in [0.15, 0.2) is 0 Å². The topological polar surface area (TPSA) is 275 Å². The number of piperazine rings is 4. The molecular formula is C24H48N8O8. The average Bonchev–Trinajstić information content (AvgIpc) is 3.00. The van der Waals surface area contributed by atoms with Gasteiger partial charge in [-0.1, -0.05) is 0 Å². The SMILES string of the molecule is C1C[NH2+]CCN1.C1C[NH2+]CCN1.C1C[NH2+]CCN1.C1C[NH2+]CCN1.O=C([O-])/C=C\C(=O)[O-].O=C([O-])/C=C\C(=O)[O-]. The summed E-state index contributed by atoms with van der Waals surface area (Å²) in [6.45, 7) is 19.7. The molecule has 0 aromatic rings. The maximum absolute atomic E-state index is 9.41. The van der Waals surface area contributed by atoms with E-state index >= 15 is 0 Å². The normalized spacial score (nSPS) is 18.2. The number of quaternary nitrogens is 4. The number of carboxylic acids is 4. The third kappa shape index (κ3) is 42.1. The zero-order valence-corrected chi connectivity index (χ0v) is 23.2. The van der Waals surface area contributed by atoms with Crippen molar-refractivity contribution in [2.75, 3.05) is 105 Å². The van der Waals surface area contributed by atoms with Crippen LogP contribution in [0.4, 0.5) is 0 Å². The van der Waals surface area contributed by atoms with E-state index in [2.05, 4.69) is 42.5 Å². The Labute approximate surface area is 235 Å². The van der Waals surface area contributed by atoms with Crippen molar-refractivity contribution in [2.24, 2.45) is 0 Å². The fourth-order valence-electron chi connectivity index (χ4n) is 2.98. The lowest BCUT2D eigenvalue weighted by Crippen LogP contribution is -2.89. The average molecular weight is 577 g/mol. The molecule has 16 nitrogen and oxygen atoms in total. The highest BCUT2D eigenvalue weighted by Crippen LogP contribution is 1.65. The fraction of sp³-hybridized carbons (Fsp3) is 0.667. The van der Waals surface area contributed by atoms with Crippen LogP contribution in [0.5, 0.6) is 0 Å². The van der Waals surface area contributed by atoms with Gasteiger partial charge in [-0.15, -0.1) is 0 Å². The first-order valence-corrected chi connectivity index (χ1v) is 13.5. The fourth-order valence-corrected chi connectivity index (χ4v) is 2.98. The van der Waals surface area contributed by atoms with Crippen molar-refractivity contribution in [3.63, 3.8) is 0 Å². The number of carbonyl (C=O) groups is 4. The van der Waals surface area contributed by atoms with Crippen LogP contribution in [0.3, 0.4) is 0 Å². The van der Waals surface area contributed by atoms with E-state index in [4.69, 9.17) is 0 Å². The van der Waals surface area contributed by atoms with E-state index < -0.39 is 23.9 Å². The van der Waals surface area contributed by atoms with E-state index in [1.54, 1.807) is 0 Å². The predicted molar refractivity (Wildman–Crippen MR) is 136 cm³/mol. The van der Waals surface area contributed by atoms with Crippen LogP contribution in [0.2, 0.25) is 0 Å². The van der Waals surface area contributed by atoms with Gasteiger partial charge < -0.3 is 82.1 Å². The van der Waals surface area contributed by atoms with Crippen molar-refractivity contribution in [2.45, 2.75) is 0 Å². The third-order valence-corrected chi connectivity index (χ3v) is 4.91. The molecule has 40 heavy (non-hydrogen) atoms. The van der Waals surface area contributed by atoms with E-state index in [0.717, 1.165) is 0 Å². The first-order valence-electron chi connectivity index (χ1n) is 13.5. The number of hydrogen-bond donors (Lipinski definition) is 8. The van der Waals surface area contributed by atoms with Crippen LogP contribution in [-0.4, -0.2) is 129 Å². The molecule has 4 aliphatic heterocycles. The van der Waals surface area contributed by atoms with Crippen LogP contribution in [0.1, 0.15) is 0 Å². The Balaban J connectivity index is 0. The summed E-state index contributed by atoms with van der Waals surface area (Å²) in [6.07, 6.45) is 1.54. The monoisotopic (exact) mass is 576 g/mol. The molecular weight excluding hydrogens is 528 g/mol. The van der Waals surface area contributed by atoms with Gasteiger partial charge in [0, 0.05) is 52.4 Å². The molecule has 0 aromatic heterocycles. The molecule has 0 atom stereocenters. The van der Waals surface area contributed by atoms with Gasteiger partial charge in [-0.25, -0.2) is 0 Å². The lowest BCUT2D eigenvalue weighted by atomic mass is 10.4. The number of carbonyl (C=O) groups excluding carboxylic acids is 4. The molecule has 16 heteroatoms. The molecule has 0 aliphatic carbocycles. The molecule has 0 unspecified atom stereocenters. The standard InChI is InChI=1S/4C4H10N2.2C4H4O4/c4*1-2-6-4-3-5-1;2*5-3(6)1-2-4(7)8/h4*5-6H,1-4H2;2*1-2H,(H,5,6)(H,7,8)/b;;;;2*2-1-. The predicted octanol–water partition coefficient (Wildman–Crippen LogP) is -13.3. The summed E-state index contributed by atoms with van der Waals surface area (Å²) in [5.74, 6) is -6.19. The molecule has 232 valence electrons. The molecule has 0 bridgehead atoms. The minimum Gasteiger partial charge on any atom is -0.545 e. The largest absolute Gasteiger partial charge is 0.545 e. The van der Waals surface area contributed by atoms with Gasteiger partial charge >= 0.3 is 0 Å². The molecule has 0 spiro atoms. The smallest absolute Gasteiger partial charge is 0.0882 e. The summed E-state index contributed by atoms with van der Waals surface area (Å²) in [5.41, 5.74) is 0. The number of aliphatic carboxylic acids is 4. The zero-order valence-electron chi connectivity index (χ0n) is 23.2. The second kappa shape index (κ2) is 32.3. The van der Waals surface area contributed by atoms with Crippen molar-refractivity contribution >= 4 is 23.9 Å². The molecule has 4 rings (SSSR count). The van der Waals surface area contributed by atoms with Crippen LogP contribution >= 0.6 is 0 Å². The van der Waals surface area contributed by atoms with Crippen molar-refractivity contribution in [1.82, 2.24) is 21.3 Å². The third-order valence-electron chi connectivity index (χ3n) is 4.91. The molecule has 0 saturated carbocycles. The van der Waals surface area contributed by atoms with Gasteiger partial charge in [0.2, 0.25) is 0 Å². The number of carboxylic acid groups (broad SMARTS) is 4. The van der Waals surface area contributed by atoms with Gasteiger partial charge in [0.05, 0.1) is 76.2 Å². The first-order chi connectivity index (χ1) is 19.3. The number of nitrogens with two attached hydrogens (primary N) is 4. The Hall–Kier alpha value is -2.96. The maximum atomic E-state index is 9.41. The zero-order chi connectivity index (χ0) is 30.1. The minimum absolute atomic E-state index is 0.384. The lowest BCUT2D eigenvalue weighted by molar-refractivity contribution is -0.657. The quantitative estimate of drug-likeness (QED) is 0.145. The van der Waals surface area contributed by atoms with Crippen LogP contribution in [0.15, 0.2) is 24.3 Å². The Morgan fingerprint density at radius 3 is 0.575 bits per heavy atom. The van der Waals surface area contributed by atoms with Crippen LogP contribution in [-0.2, 0) is 19.2 Å². The Morgan fingerprint density at radius 1 is 0.375 bits per heavy atom. The first kappa shape index (κ1) is 39.2. The second-order valence-corrected chi connectivity index (χ2v) is 8.41. The molecule has 0 amide bonds. The molecule has 4 fully saturated rings. The minimum atomic E-state index is -1.55. The Morgan fingerprint density at radius 2 is 0.525 bits per heavy atom. The van der Waals surface area contributed by atoms with Crippen LogP contribution in [0.25, 0.3) is 0 Å². The number of hydrogen-bond acceptors (Lipinski definition) is 12. The van der Waals surface area contributed by atoms with Crippen molar-refractivity contribution < 1.29 is 60.9 Å². The van der Waals surface area contributed by atoms with E-state index in [0.29, 0.717) is 24.3 Å². The molecule has 4 aliphatic rings.